The molecule has 3 rings (SSSR count). The fraction of sp³-hybridized carbons (Fsp3) is 0.269. The molecule has 33 heavy (non-hydrogen) atoms. The largest absolute Gasteiger partial charge is 0.416 e. The van der Waals surface area contributed by atoms with E-state index < -0.39 is 17.8 Å². The molecule has 1 N–H and O–H groups in total. The Labute approximate surface area is 191 Å². The fourth-order valence-electron chi connectivity index (χ4n) is 3.77. The fourth-order valence-corrected chi connectivity index (χ4v) is 3.77. The van der Waals surface area contributed by atoms with Crippen LogP contribution in [0.25, 0.3) is 0 Å². The summed E-state index contributed by atoms with van der Waals surface area (Å²) in [6.45, 7) is 2.11. The van der Waals surface area contributed by atoms with E-state index in [0.717, 1.165) is 23.3 Å². The summed E-state index contributed by atoms with van der Waals surface area (Å²) in [7, 11) is 1.56. The number of rotatable bonds is 8. The summed E-state index contributed by atoms with van der Waals surface area (Å²) < 4.78 is 52.4. The van der Waals surface area contributed by atoms with Crippen molar-refractivity contribution < 1.29 is 22.4 Å². The van der Waals surface area contributed by atoms with Crippen LogP contribution in [0.15, 0.2) is 72.8 Å². The van der Waals surface area contributed by atoms with Gasteiger partial charge in [-0.2, -0.15) is 13.2 Å². The van der Waals surface area contributed by atoms with Gasteiger partial charge in [-0.3, -0.25) is 4.79 Å². The number of aryl methyl sites for hydroxylation is 2. The molecule has 1 atom stereocenters. The highest BCUT2D eigenvalue weighted by Gasteiger charge is 2.30. The van der Waals surface area contributed by atoms with Gasteiger partial charge in [0.2, 0.25) is 5.91 Å². The predicted molar refractivity (Wildman–Crippen MR) is 121 cm³/mol. The molecule has 0 heterocycles. The van der Waals surface area contributed by atoms with Crippen molar-refractivity contribution in [3.05, 3.63) is 101 Å². The lowest BCUT2D eigenvalue weighted by molar-refractivity contribution is -0.137. The van der Waals surface area contributed by atoms with Crippen molar-refractivity contribution in [2.45, 2.75) is 32.0 Å². The van der Waals surface area contributed by atoms with Crippen molar-refractivity contribution in [1.29, 1.82) is 0 Å². The summed E-state index contributed by atoms with van der Waals surface area (Å²) in [5.41, 5.74) is 2.03. The predicted octanol–water partition coefficient (Wildman–Crippen LogP) is 6.08. The van der Waals surface area contributed by atoms with Gasteiger partial charge in [-0.1, -0.05) is 42.5 Å². The van der Waals surface area contributed by atoms with Gasteiger partial charge in [0, 0.05) is 19.3 Å². The van der Waals surface area contributed by atoms with E-state index in [2.05, 4.69) is 5.32 Å². The maximum Gasteiger partial charge on any atom is 0.416 e. The van der Waals surface area contributed by atoms with Gasteiger partial charge in [-0.25, -0.2) is 4.39 Å². The van der Waals surface area contributed by atoms with Crippen molar-refractivity contribution >= 4 is 11.6 Å². The van der Waals surface area contributed by atoms with Gasteiger partial charge in [0.25, 0.3) is 0 Å². The van der Waals surface area contributed by atoms with E-state index in [1.807, 2.05) is 35.2 Å². The maximum absolute atomic E-state index is 13.9. The number of amides is 1. The van der Waals surface area contributed by atoms with Gasteiger partial charge in [-0.15, -0.1) is 0 Å². The molecular formula is C26H26F4N2O. The summed E-state index contributed by atoms with van der Waals surface area (Å²) >= 11 is 0. The van der Waals surface area contributed by atoms with Gasteiger partial charge >= 0.3 is 6.18 Å². The first kappa shape index (κ1) is 24.3. The summed E-state index contributed by atoms with van der Waals surface area (Å²) in [6.07, 6.45) is -3.25. The molecule has 0 spiro atoms. The Morgan fingerprint density at radius 2 is 1.67 bits per heavy atom. The number of carbonyl (C=O) groups excluding carboxylic acids is 1. The highest BCUT2D eigenvalue weighted by Crippen LogP contribution is 2.31. The summed E-state index contributed by atoms with van der Waals surface area (Å²) in [4.78, 5) is 14.8. The lowest BCUT2D eigenvalue weighted by atomic mass is 10.0. The van der Waals surface area contributed by atoms with Crippen molar-refractivity contribution in [2.24, 2.45) is 0 Å². The van der Waals surface area contributed by atoms with E-state index in [4.69, 9.17) is 0 Å². The molecule has 0 aliphatic rings. The highest BCUT2D eigenvalue weighted by molar-refractivity contribution is 5.86. The maximum atomic E-state index is 13.9. The Balaban J connectivity index is 1.87. The molecule has 1 amide bonds. The van der Waals surface area contributed by atoms with Crippen LogP contribution in [0.5, 0.6) is 0 Å². The van der Waals surface area contributed by atoms with Crippen molar-refractivity contribution in [3.8, 4) is 0 Å². The Bertz CT molecular complexity index is 1070. The van der Waals surface area contributed by atoms with Gasteiger partial charge in [-0.05, 0) is 66.8 Å². The van der Waals surface area contributed by atoms with Crippen LogP contribution < -0.4 is 10.2 Å². The third kappa shape index (κ3) is 6.12. The van der Waals surface area contributed by atoms with E-state index in [1.54, 1.807) is 26.1 Å². The molecule has 7 heteroatoms. The molecule has 0 fully saturated rings. The van der Waals surface area contributed by atoms with Crippen LogP contribution in [-0.4, -0.2) is 19.5 Å². The zero-order chi connectivity index (χ0) is 24.0. The lowest BCUT2D eigenvalue weighted by Gasteiger charge is -2.33. The minimum Gasteiger partial charge on any atom is -0.357 e. The van der Waals surface area contributed by atoms with Gasteiger partial charge in [0.15, 0.2) is 0 Å². The first-order valence-corrected chi connectivity index (χ1v) is 10.7. The number of halogens is 4. The van der Waals surface area contributed by atoms with E-state index in [0.29, 0.717) is 30.6 Å². The van der Waals surface area contributed by atoms with E-state index in [-0.39, 0.29) is 11.7 Å². The van der Waals surface area contributed by atoms with Crippen LogP contribution in [0.3, 0.4) is 0 Å². The Hall–Kier alpha value is -3.35. The standard InChI is InChI=1S/C26H26F4N2O/c1-18-17-22(14-15-23(18)27)32(24(25(33)31-2)20-8-4-3-5-9-20)16-6-7-19-10-12-21(13-11-19)26(28,29)30/h3-5,8-15,17,24H,6-7,16H2,1-2H3,(H,31,33). The van der Waals surface area contributed by atoms with Crippen LogP contribution in [0.4, 0.5) is 23.2 Å². The van der Waals surface area contributed by atoms with Gasteiger partial charge in [0.05, 0.1) is 5.56 Å². The second-order valence-electron chi connectivity index (χ2n) is 7.85. The van der Waals surface area contributed by atoms with Crippen LogP contribution in [0.1, 0.15) is 34.7 Å². The molecule has 0 aliphatic heterocycles. The second-order valence-corrected chi connectivity index (χ2v) is 7.85. The van der Waals surface area contributed by atoms with Crippen LogP contribution in [-0.2, 0) is 17.4 Å². The van der Waals surface area contributed by atoms with E-state index in [1.165, 1.54) is 18.2 Å². The first-order chi connectivity index (χ1) is 15.7. The smallest absolute Gasteiger partial charge is 0.357 e. The lowest BCUT2D eigenvalue weighted by Crippen LogP contribution is -2.40. The number of alkyl halides is 3. The Kier molecular flexibility index (Phi) is 7.74. The number of likely N-dealkylation sites (N-methyl/N-ethyl adjacent to an activating group) is 1. The molecular weight excluding hydrogens is 432 g/mol. The monoisotopic (exact) mass is 458 g/mol. The average Bonchev–Trinajstić information content (AvgIpc) is 2.80. The average molecular weight is 458 g/mol. The molecule has 0 saturated carbocycles. The highest BCUT2D eigenvalue weighted by atomic mass is 19.4. The van der Waals surface area contributed by atoms with E-state index in [9.17, 15) is 22.4 Å². The molecule has 0 saturated heterocycles. The minimum atomic E-state index is -4.37. The zero-order valence-electron chi connectivity index (χ0n) is 18.5. The number of hydrogen-bond donors (Lipinski definition) is 1. The van der Waals surface area contributed by atoms with E-state index >= 15 is 0 Å². The summed E-state index contributed by atoms with van der Waals surface area (Å²) in [5, 5.41) is 2.71. The third-order valence-electron chi connectivity index (χ3n) is 5.54. The SMILES string of the molecule is CNC(=O)C(c1ccccc1)N(CCCc1ccc(C(F)(F)F)cc1)c1ccc(F)c(C)c1. The number of hydrogen-bond acceptors (Lipinski definition) is 2. The molecule has 3 aromatic carbocycles. The number of anilines is 1. The van der Waals surface area contributed by atoms with Gasteiger partial charge < -0.3 is 10.2 Å². The number of carbonyl (C=O) groups is 1. The number of nitrogens with zero attached hydrogens (tertiary/aromatic N) is 1. The number of nitrogens with one attached hydrogen (secondary N) is 1. The Morgan fingerprint density at radius 1 is 1.00 bits per heavy atom. The zero-order valence-corrected chi connectivity index (χ0v) is 18.5. The molecule has 0 bridgehead atoms. The second kappa shape index (κ2) is 10.5. The minimum absolute atomic E-state index is 0.210. The molecule has 3 nitrogen and oxygen atoms in total. The number of benzene rings is 3. The third-order valence-corrected chi connectivity index (χ3v) is 5.54. The van der Waals surface area contributed by atoms with Crippen LogP contribution in [0.2, 0.25) is 0 Å². The summed E-state index contributed by atoms with van der Waals surface area (Å²) in [6, 6.07) is 18.5. The molecule has 3 aromatic rings. The normalized spacial score (nSPS) is 12.3. The Morgan fingerprint density at radius 3 is 2.24 bits per heavy atom. The molecule has 0 aliphatic carbocycles. The quantitative estimate of drug-likeness (QED) is 0.415. The summed E-state index contributed by atoms with van der Waals surface area (Å²) in [5.74, 6) is -0.544. The van der Waals surface area contributed by atoms with Crippen molar-refractivity contribution in [2.75, 3.05) is 18.5 Å². The topological polar surface area (TPSA) is 32.3 Å². The molecule has 0 radical (unpaired) electrons. The van der Waals surface area contributed by atoms with Gasteiger partial charge in [0.1, 0.15) is 11.9 Å². The first-order valence-electron chi connectivity index (χ1n) is 10.7. The molecule has 0 aromatic heterocycles. The molecule has 1 unspecified atom stereocenters. The van der Waals surface area contributed by atoms with Crippen LogP contribution >= 0.6 is 0 Å². The van der Waals surface area contributed by atoms with Crippen molar-refractivity contribution in [1.82, 2.24) is 5.32 Å². The molecule has 174 valence electrons. The van der Waals surface area contributed by atoms with Crippen LogP contribution in [0, 0.1) is 12.7 Å². The van der Waals surface area contributed by atoms with Crippen molar-refractivity contribution in [3.63, 3.8) is 0 Å².